The Morgan fingerprint density at radius 3 is 2.64 bits per heavy atom. The lowest BCUT2D eigenvalue weighted by Crippen LogP contribution is -2.44. The molecule has 0 radical (unpaired) electrons. The highest BCUT2D eigenvalue weighted by Gasteiger charge is 2.32. The average molecular weight is 553 g/mol. The second-order valence-electron chi connectivity index (χ2n) is 11.0. The summed E-state index contributed by atoms with van der Waals surface area (Å²) in [6.45, 7) is 6.20. The van der Waals surface area contributed by atoms with E-state index in [4.69, 9.17) is 35.7 Å². The number of ether oxygens (including phenoxy) is 1. The molecule has 1 saturated carbocycles. The first-order chi connectivity index (χ1) is 18.9. The minimum Gasteiger partial charge on any atom is -0.384 e. The summed E-state index contributed by atoms with van der Waals surface area (Å²) in [4.78, 5) is 33.1. The van der Waals surface area contributed by atoms with Crippen molar-refractivity contribution in [3.05, 3.63) is 34.0 Å². The van der Waals surface area contributed by atoms with Gasteiger partial charge in [0.1, 0.15) is 11.2 Å². The lowest BCUT2D eigenvalue weighted by Gasteiger charge is -2.38. The van der Waals surface area contributed by atoms with Crippen LogP contribution in [0.1, 0.15) is 52.4 Å². The van der Waals surface area contributed by atoms with Crippen molar-refractivity contribution in [1.82, 2.24) is 34.7 Å². The number of halogens is 1. The Morgan fingerprint density at radius 1 is 1.13 bits per heavy atom. The Labute approximate surface area is 231 Å². The topological polar surface area (TPSA) is 128 Å². The number of nitrogens with zero attached hydrogens (tertiary/aromatic N) is 7. The first kappa shape index (κ1) is 25.9. The summed E-state index contributed by atoms with van der Waals surface area (Å²) in [7, 11) is 1.78. The van der Waals surface area contributed by atoms with Crippen LogP contribution < -0.4 is 10.7 Å². The molecule has 4 aromatic heterocycles. The van der Waals surface area contributed by atoms with Crippen LogP contribution in [0.3, 0.4) is 0 Å². The number of anilines is 1. The Balaban J connectivity index is 1.55. The van der Waals surface area contributed by atoms with E-state index in [2.05, 4.69) is 38.5 Å². The Morgan fingerprint density at radius 2 is 1.95 bits per heavy atom. The summed E-state index contributed by atoms with van der Waals surface area (Å²) < 4.78 is 13.2. The van der Waals surface area contributed by atoms with E-state index in [1.165, 1.54) is 25.7 Å². The molecule has 0 unspecified atom stereocenters. The molecule has 6 rings (SSSR count). The number of piperidine rings is 1. The van der Waals surface area contributed by atoms with Crippen LogP contribution in [0.15, 0.2) is 27.7 Å². The summed E-state index contributed by atoms with van der Waals surface area (Å²) in [5.74, 6) is 1.66. The van der Waals surface area contributed by atoms with Crippen LogP contribution >= 0.6 is 11.6 Å². The van der Waals surface area contributed by atoms with Gasteiger partial charge in [0.25, 0.3) is 5.89 Å². The van der Waals surface area contributed by atoms with E-state index >= 15 is 0 Å². The fourth-order valence-corrected chi connectivity index (χ4v) is 6.16. The monoisotopic (exact) mass is 552 g/mol. The molecule has 2 atom stereocenters. The largest absolute Gasteiger partial charge is 0.434 e. The predicted octanol–water partition coefficient (Wildman–Crippen LogP) is 4.72. The second kappa shape index (κ2) is 10.7. The Kier molecular flexibility index (Phi) is 7.11. The molecule has 0 amide bonds. The molecule has 1 aliphatic heterocycles. The van der Waals surface area contributed by atoms with Crippen LogP contribution in [0.25, 0.3) is 34.1 Å². The molecule has 0 aromatic carbocycles. The van der Waals surface area contributed by atoms with Gasteiger partial charge in [-0.05, 0) is 50.5 Å². The van der Waals surface area contributed by atoms with Crippen molar-refractivity contribution < 1.29 is 9.15 Å². The van der Waals surface area contributed by atoms with Crippen molar-refractivity contribution in [2.45, 2.75) is 71.1 Å². The van der Waals surface area contributed by atoms with E-state index in [0.717, 1.165) is 48.9 Å². The lowest BCUT2D eigenvalue weighted by molar-refractivity contribution is 0.0716. The molecule has 2 fully saturated rings. The van der Waals surface area contributed by atoms with E-state index in [9.17, 15) is 4.79 Å². The Hall–Kier alpha value is -3.31. The van der Waals surface area contributed by atoms with Gasteiger partial charge in [-0.25, -0.2) is 19.9 Å². The van der Waals surface area contributed by atoms with Crippen LogP contribution in [0.4, 0.5) is 5.95 Å². The van der Waals surface area contributed by atoms with Gasteiger partial charge in [-0.1, -0.05) is 31.4 Å². The number of hydrogen-bond donors (Lipinski definition) is 1. The van der Waals surface area contributed by atoms with E-state index in [0.29, 0.717) is 22.3 Å². The quantitative estimate of drug-likeness (QED) is 0.361. The number of imidazole rings is 1. The first-order valence-electron chi connectivity index (χ1n) is 13.6. The number of H-pyrrole nitrogens is 1. The van der Waals surface area contributed by atoms with E-state index in [-0.39, 0.29) is 23.9 Å². The molecule has 1 aliphatic carbocycles. The molecule has 4 aromatic rings. The second-order valence-corrected chi connectivity index (χ2v) is 11.4. The standard InChI is InChI=1S/C27H33ClN8O3/c1-15-4-6-17(7-5-15)14-36-22-21(18-11-19(28)13-29-12-18)30-24(25-33-34-27(37)39-25)31-23(22)32-26(36)35-9-8-20(38-3)10-16(35)2/h11-13,15-17,20H,4-10,14H2,1-3H3,(H,34,37)/t15-,16-,17-,20-/m1/s1. The maximum Gasteiger partial charge on any atom is 0.434 e. The van der Waals surface area contributed by atoms with Crippen molar-refractivity contribution in [3.8, 4) is 23.0 Å². The molecule has 1 saturated heterocycles. The number of methoxy groups -OCH3 is 1. The maximum absolute atomic E-state index is 11.7. The van der Waals surface area contributed by atoms with Gasteiger partial charge in [0.2, 0.25) is 11.8 Å². The molecule has 0 spiro atoms. The number of aromatic amines is 1. The molecule has 12 heteroatoms. The van der Waals surface area contributed by atoms with Crippen LogP contribution in [0, 0.1) is 11.8 Å². The maximum atomic E-state index is 11.7. The number of fused-ring (bicyclic) bond motifs is 1. The summed E-state index contributed by atoms with van der Waals surface area (Å²) in [5.41, 5.74) is 2.68. The summed E-state index contributed by atoms with van der Waals surface area (Å²) in [6.07, 6.45) is 10.2. The van der Waals surface area contributed by atoms with Gasteiger partial charge in [0.05, 0.1) is 11.1 Å². The highest BCUT2D eigenvalue weighted by atomic mass is 35.5. The summed E-state index contributed by atoms with van der Waals surface area (Å²) in [6, 6.07) is 2.06. The third kappa shape index (κ3) is 5.17. The normalized spacial score (nSPS) is 23.9. The van der Waals surface area contributed by atoms with Gasteiger partial charge in [-0.3, -0.25) is 4.98 Å². The number of aromatic nitrogens is 7. The SMILES string of the molecule is CO[C@@H]1CCN(c2nc3nc(-c4n[nH]c(=O)o4)nc(-c4cncc(Cl)c4)c3n2C[C@H]2CC[C@H](C)CC2)[C@H](C)C1. The number of rotatable bonds is 6. The molecule has 1 N–H and O–H groups in total. The van der Waals surface area contributed by atoms with Crippen molar-refractivity contribution in [3.63, 3.8) is 0 Å². The summed E-state index contributed by atoms with van der Waals surface area (Å²) >= 11 is 6.36. The van der Waals surface area contributed by atoms with Crippen molar-refractivity contribution in [2.75, 3.05) is 18.6 Å². The predicted molar refractivity (Wildman–Crippen MR) is 148 cm³/mol. The molecule has 11 nitrogen and oxygen atoms in total. The van der Waals surface area contributed by atoms with E-state index in [1.807, 2.05) is 6.07 Å². The molecular formula is C27H33ClN8O3. The van der Waals surface area contributed by atoms with Crippen LogP contribution in [-0.4, -0.2) is 60.5 Å². The molecule has 2 aliphatic rings. The molecular weight excluding hydrogens is 520 g/mol. The van der Waals surface area contributed by atoms with Crippen molar-refractivity contribution >= 4 is 28.7 Å². The van der Waals surface area contributed by atoms with Gasteiger partial charge in [-0.2, -0.15) is 4.98 Å². The number of nitrogens with one attached hydrogen (secondary N) is 1. The third-order valence-electron chi connectivity index (χ3n) is 8.19. The lowest BCUT2D eigenvalue weighted by atomic mass is 9.83. The van der Waals surface area contributed by atoms with Gasteiger partial charge in [0.15, 0.2) is 5.65 Å². The number of pyridine rings is 1. The first-order valence-corrected chi connectivity index (χ1v) is 14.0. The molecule has 206 valence electrons. The van der Waals surface area contributed by atoms with Crippen LogP contribution in [0.2, 0.25) is 5.02 Å². The zero-order valence-electron chi connectivity index (χ0n) is 22.4. The minimum absolute atomic E-state index is 0.00443. The van der Waals surface area contributed by atoms with Gasteiger partial charge >= 0.3 is 5.76 Å². The number of hydrogen-bond acceptors (Lipinski definition) is 9. The van der Waals surface area contributed by atoms with Gasteiger partial charge in [0, 0.05) is 44.2 Å². The van der Waals surface area contributed by atoms with Crippen molar-refractivity contribution in [2.24, 2.45) is 11.8 Å². The zero-order chi connectivity index (χ0) is 27.1. The van der Waals surface area contributed by atoms with Crippen molar-refractivity contribution in [1.29, 1.82) is 0 Å². The van der Waals surface area contributed by atoms with E-state index < -0.39 is 5.76 Å². The highest BCUT2D eigenvalue weighted by Crippen LogP contribution is 2.37. The fourth-order valence-electron chi connectivity index (χ4n) is 5.99. The van der Waals surface area contributed by atoms with E-state index in [1.54, 1.807) is 19.5 Å². The molecule has 39 heavy (non-hydrogen) atoms. The smallest absolute Gasteiger partial charge is 0.384 e. The third-order valence-corrected chi connectivity index (χ3v) is 8.39. The Bertz CT molecular complexity index is 1520. The van der Waals surface area contributed by atoms with Gasteiger partial charge < -0.3 is 18.6 Å². The fraction of sp³-hybridized carbons (Fsp3) is 0.556. The minimum atomic E-state index is -0.674. The van der Waals surface area contributed by atoms with Crippen LogP contribution in [-0.2, 0) is 11.3 Å². The highest BCUT2D eigenvalue weighted by molar-refractivity contribution is 6.30. The molecule has 5 heterocycles. The van der Waals surface area contributed by atoms with Crippen LogP contribution in [0.5, 0.6) is 0 Å². The average Bonchev–Trinajstić information content (AvgIpc) is 3.53. The zero-order valence-corrected chi connectivity index (χ0v) is 23.2. The van der Waals surface area contributed by atoms with Gasteiger partial charge in [-0.15, -0.1) is 5.10 Å². The molecule has 0 bridgehead atoms. The summed E-state index contributed by atoms with van der Waals surface area (Å²) in [5, 5.41) is 6.75.